The summed E-state index contributed by atoms with van der Waals surface area (Å²) in [5, 5.41) is 2.52. The number of halogens is 3. The Bertz CT molecular complexity index is 986. The number of rotatable bonds is 5. The van der Waals surface area contributed by atoms with Gasteiger partial charge in [0.25, 0.3) is 0 Å². The van der Waals surface area contributed by atoms with Gasteiger partial charge in [-0.2, -0.15) is 13.2 Å². The largest absolute Gasteiger partial charge is 0.489 e. The number of carbonyl (C=O) groups is 1. The normalized spacial score (nSPS) is 11.6. The highest BCUT2D eigenvalue weighted by Gasteiger charge is 2.35. The number of benzene rings is 1. The SMILES string of the molecule is CCc1nc(C(F)(F)F)ncc1COc1ccc2c(OC(C)=O)csc2c1. The van der Waals surface area contributed by atoms with Gasteiger partial charge < -0.3 is 9.47 Å². The lowest BCUT2D eigenvalue weighted by atomic mass is 10.2. The Morgan fingerprint density at radius 1 is 1.30 bits per heavy atom. The molecule has 1 aromatic carbocycles. The molecule has 27 heavy (non-hydrogen) atoms. The first-order valence-corrected chi connectivity index (χ1v) is 8.90. The lowest BCUT2D eigenvalue weighted by Crippen LogP contribution is -2.14. The molecule has 0 aliphatic rings. The van der Waals surface area contributed by atoms with Crippen molar-refractivity contribution >= 4 is 27.4 Å². The Morgan fingerprint density at radius 2 is 2.07 bits per heavy atom. The van der Waals surface area contributed by atoms with Crippen LogP contribution in [-0.2, 0) is 24.0 Å². The first-order chi connectivity index (χ1) is 12.8. The number of ether oxygens (including phenoxy) is 2. The van der Waals surface area contributed by atoms with Crippen molar-refractivity contribution in [2.75, 3.05) is 0 Å². The molecule has 0 amide bonds. The lowest BCUT2D eigenvalue weighted by molar-refractivity contribution is -0.145. The van der Waals surface area contributed by atoms with Gasteiger partial charge >= 0.3 is 12.1 Å². The highest BCUT2D eigenvalue weighted by molar-refractivity contribution is 7.17. The minimum Gasteiger partial charge on any atom is -0.489 e. The number of fused-ring (bicyclic) bond motifs is 1. The Balaban J connectivity index is 1.77. The van der Waals surface area contributed by atoms with Gasteiger partial charge in [0, 0.05) is 34.2 Å². The van der Waals surface area contributed by atoms with E-state index in [0.717, 1.165) is 16.3 Å². The summed E-state index contributed by atoms with van der Waals surface area (Å²) in [6.07, 6.45) is -3.09. The summed E-state index contributed by atoms with van der Waals surface area (Å²) in [7, 11) is 0. The van der Waals surface area contributed by atoms with Crippen molar-refractivity contribution in [3.05, 3.63) is 46.9 Å². The maximum absolute atomic E-state index is 12.7. The van der Waals surface area contributed by atoms with E-state index in [9.17, 15) is 18.0 Å². The van der Waals surface area contributed by atoms with Crippen LogP contribution >= 0.6 is 11.3 Å². The van der Waals surface area contributed by atoms with E-state index in [1.807, 2.05) is 0 Å². The number of carbonyl (C=O) groups excluding carboxylic acids is 1. The summed E-state index contributed by atoms with van der Waals surface area (Å²) < 4.78 is 49.9. The topological polar surface area (TPSA) is 61.3 Å². The van der Waals surface area contributed by atoms with E-state index in [0.29, 0.717) is 29.2 Å². The summed E-state index contributed by atoms with van der Waals surface area (Å²) in [5.41, 5.74) is 0.795. The van der Waals surface area contributed by atoms with Gasteiger partial charge in [-0.05, 0) is 24.6 Å². The average molecular weight is 396 g/mol. The van der Waals surface area contributed by atoms with Crippen LogP contribution in [0.4, 0.5) is 13.2 Å². The van der Waals surface area contributed by atoms with Crippen LogP contribution in [0.25, 0.3) is 10.1 Å². The minimum atomic E-state index is -4.58. The molecule has 3 rings (SSSR count). The van der Waals surface area contributed by atoms with Crippen molar-refractivity contribution in [3.8, 4) is 11.5 Å². The molecule has 0 bridgehead atoms. The molecule has 0 radical (unpaired) electrons. The van der Waals surface area contributed by atoms with Crippen molar-refractivity contribution in [2.24, 2.45) is 0 Å². The Kier molecular flexibility index (Phi) is 5.31. The molecule has 0 fully saturated rings. The van der Waals surface area contributed by atoms with Crippen LogP contribution < -0.4 is 9.47 Å². The predicted molar refractivity (Wildman–Crippen MR) is 93.9 cm³/mol. The molecule has 0 saturated heterocycles. The van der Waals surface area contributed by atoms with Crippen molar-refractivity contribution in [3.63, 3.8) is 0 Å². The molecule has 0 unspecified atom stereocenters. The smallest absolute Gasteiger partial charge is 0.451 e. The first kappa shape index (κ1) is 19.1. The second-order valence-corrected chi connectivity index (χ2v) is 6.57. The molecular weight excluding hydrogens is 381 g/mol. The van der Waals surface area contributed by atoms with Crippen LogP contribution in [0.15, 0.2) is 29.8 Å². The number of hydrogen-bond donors (Lipinski definition) is 0. The third kappa shape index (κ3) is 4.36. The molecule has 142 valence electrons. The van der Waals surface area contributed by atoms with E-state index in [-0.39, 0.29) is 6.61 Å². The third-order valence-electron chi connectivity index (χ3n) is 3.70. The lowest BCUT2D eigenvalue weighted by Gasteiger charge is -2.12. The van der Waals surface area contributed by atoms with E-state index in [2.05, 4.69) is 9.97 Å². The number of alkyl halides is 3. The average Bonchev–Trinajstić information content (AvgIpc) is 3.00. The van der Waals surface area contributed by atoms with Gasteiger partial charge in [-0.25, -0.2) is 9.97 Å². The highest BCUT2D eigenvalue weighted by atomic mass is 32.1. The van der Waals surface area contributed by atoms with Crippen LogP contribution in [0.5, 0.6) is 11.5 Å². The molecule has 5 nitrogen and oxygen atoms in total. The van der Waals surface area contributed by atoms with Gasteiger partial charge in [-0.3, -0.25) is 4.79 Å². The molecule has 0 N–H and O–H groups in total. The molecule has 0 aliphatic heterocycles. The fourth-order valence-electron chi connectivity index (χ4n) is 2.47. The number of esters is 1. The zero-order chi connectivity index (χ0) is 19.6. The second kappa shape index (κ2) is 7.51. The van der Waals surface area contributed by atoms with E-state index >= 15 is 0 Å². The zero-order valence-electron chi connectivity index (χ0n) is 14.5. The molecule has 9 heteroatoms. The fraction of sp³-hybridized carbons (Fsp3) is 0.278. The molecule has 0 atom stereocenters. The van der Waals surface area contributed by atoms with Crippen LogP contribution in [0.3, 0.4) is 0 Å². The Labute approximate surface area is 156 Å². The standard InChI is InChI=1S/C18H15F3N2O3S/c1-3-14-11(7-22-17(23-14)18(19,20)21)8-25-12-4-5-13-15(26-10(2)24)9-27-16(13)6-12/h4-7,9H,3,8H2,1-2H3. The molecular formula is C18H15F3N2O3S. The van der Waals surface area contributed by atoms with Crippen molar-refractivity contribution < 1.29 is 27.4 Å². The van der Waals surface area contributed by atoms with Crippen LogP contribution in [0.2, 0.25) is 0 Å². The number of aryl methyl sites for hydroxylation is 1. The summed E-state index contributed by atoms with van der Waals surface area (Å²) in [6, 6.07) is 5.26. The molecule has 2 aromatic heterocycles. The fourth-order valence-corrected chi connectivity index (χ4v) is 3.36. The summed E-state index contributed by atoms with van der Waals surface area (Å²) in [4.78, 5) is 18.1. The molecule has 2 heterocycles. The molecule has 0 saturated carbocycles. The summed E-state index contributed by atoms with van der Waals surface area (Å²) in [5.74, 6) is -0.523. The first-order valence-electron chi connectivity index (χ1n) is 8.02. The van der Waals surface area contributed by atoms with E-state index < -0.39 is 18.0 Å². The van der Waals surface area contributed by atoms with Gasteiger partial charge in [0.05, 0.1) is 5.69 Å². The van der Waals surface area contributed by atoms with Crippen LogP contribution in [0, 0.1) is 0 Å². The van der Waals surface area contributed by atoms with Crippen molar-refractivity contribution in [1.82, 2.24) is 9.97 Å². The monoisotopic (exact) mass is 396 g/mol. The van der Waals surface area contributed by atoms with Gasteiger partial charge in [-0.15, -0.1) is 11.3 Å². The quantitative estimate of drug-likeness (QED) is 0.581. The molecule has 0 spiro atoms. The summed E-state index contributed by atoms with van der Waals surface area (Å²) in [6.45, 7) is 3.10. The van der Waals surface area contributed by atoms with Gasteiger partial charge in [0.2, 0.25) is 5.82 Å². The molecule has 0 aliphatic carbocycles. The predicted octanol–water partition coefficient (Wildman–Crippen LogP) is 4.78. The maximum atomic E-state index is 12.7. The van der Waals surface area contributed by atoms with Gasteiger partial charge in [-0.1, -0.05) is 6.92 Å². The summed E-state index contributed by atoms with van der Waals surface area (Å²) >= 11 is 1.40. The third-order valence-corrected chi connectivity index (χ3v) is 4.63. The maximum Gasteiger partial charge on any atom is 0.451 e. The second-order valence-electron chi connectivity index (χ2n) is 5.66. The van der Waals surface area contributed by atoms with Crippen LogP contribution in [0.1, 0.15) is 30.9 Å². The number of aromatic nitrogens is 2. The number of hydrogen-bond acceptors (Lipinski definition) is 6. The van der Waals surface area contributed by atoms with Crippen molar-refractivity contribution in [1.29, 1.82) is 0 Å². The molecule has 3 aromatic rings. The van der Waals surface area contributed by atoms with Crippen LogP contribution in [-0.4, -0.2) is 15.9 Å². The minimum absolute atomic E-state index is 0.0506. The zero-order valence-corrected chi connectivity index (χ0v) is 15.3. The van der Waals surface area contributed by atoms with E-state index in [1.54, 1.807) is 30.5 Å². The van der Waals surface area contributed by atoms with Crippen molar-refractivity contribution in [2.45, 2.75) is 33.1 Å². The van der Waals surface area contributed by atoms with Gasteiger partial charge in [0.15, 0.2) is 0 Å². The Morgan fingerprint density at radius 3 is 2.74 bits per heavy atom. The number of nitrogens with zero attached hydrogens (tertiary/aromatic N) is 2. The Hall–Kier alpha value is -2.68. The highest BCUT2D eigenvalue weighted by Crippen LogP contribution is 2.35. The van der Waals surface area contributed by atoms with E-state index in [1.165, 1.54) is 18.3 Å². The number of thiophene rings is 1. The van der Waals surface area contributed by atoms with E-state index in [4.69, 9.17) is 9.47 Å². The van der Waals surface area contributed by atoms with Gasteiger partial charge in [0.1, 0.15) is 18.1 Å².